The summed E-state index contributed by atoms with van der Waals surface area (Å²) >= 11 is 1.10. The minimum atomic E-state index is -1.23. The summed E-state index contributed by atoms with van der Waals surface area (Å²) in [5.74, 6) is -0.841. The first-order chi connectivity index (χ1) is 9.04. The summed E-state index contributed by atoms with van der Waals surface area (Å²) < 4.78 is 0. The van der Waals surface area contributed by atoms with Crippen molar-refractivity contribution in [1.82, 2.24) is 5.32 Å². The van der Waals surface area contributed by atoms with Crippen LogP contribution in [0, 0.1) is 5.92 Å². The van der Waals surface area contributed by atoms with Crippen LogP contribution in [0.1, 0.15) is 39.0 Å². The molecule has 104 valence electrons. The van der Waals surface area contributed by atoms with E-state index in [0.717, 1.165) is 49.1 Å². The molecule has 0 spiro atoms. The number of amides is 1. The fraction of sp³-hybridized carbons (Fsp3) is 0.667. The van der Waals surface area contributed by atoms with Crippen molar-refractivity contribution < 1.29 is 14.7 Å². The van der Waals surface area contributed by atoms with E-state index in [1.54, 1.807) is 0 Å². The van der Waals surface area contributed by atoms with E-state index < -0.39 is 11.2 Å². The number of carbonyl (C=O) groups is 2. The van der Waals surface area contributed by atoms with Gasteiger partial charge in [-0.05, 0) is 31.6 Å². The lowest BCUT2D eigenvalue weighted by Crippen LogP contribution is -2.31. The number of aliphatic carboxylic acids is 1. The molecule has 1 heterocycles. The summed E-state index contributed by atoms with van der Waals surface area (Å²) in [5.41, 5.74) is 1.05. The van der Waals surface area contributed by atoms with Crippen LogP contribution in [-0.2, 0) is 9.59 Å². The Hall–Kier alpha value is -1.37. The molecule has 2 fully saturated rings. The van der Waals surface area contributed by atoms with Crippen LogP contribution < -0.4 is 10.4 Å². The molecule has 0 bridgehead atoms. The Bertz CT molecular complexity index is 438. The minimum Gasteiger partial charge on any atom is -0.550 e. The van der Waals surface area contributed by atoms with Gasteiger partial charge in [-0.2, -0.15) is 5.10 Å². The van der Waals surface area contributed by atoms with Gasteiger partial charge in [0.25, 0.3) is 0 Å². The highest BCUT2D eigenvalue weighted by Gasteiger charge is 2.30. The molecule has 0 aromatic rings. The van der Waals surface area contributed by atoms with Crippen LogP contribution in [0.2, 0.25) is 0 Å². The largest absolute Gasteiger partial charge is 0.550 e. The normalized spacial score (nSPS) is 29.4. The first-order valence-electron chi connectivity index (χ1n) is 6.35. The van der Waals surface area contributed by atoms with Crippen molar-refractivity contribution in [2.75, 3.05) is 0 Å². The number of thioether (sulfide) groups is 1. The van der Waals surface area contributed by atoms with E-state index in [9.17, 15) is 14.7 Å². The Morgan fingerprint density at radius 2 is 2.11 bits per heavy atom. The topological polar surface area (TPSA) is 94.0 Å². The first-order valence-corrected chi connectivity index (χ1v) is 7.23. The van der Waals surface area contributed by atoms with E-state index in [0.29, 0.717) is 5.17 Å². The number of carboxylic acid groups (broad SMARTS) is 1. The van der Waals surface area contributed by atoms with Gasteiger partial charge in [0.05, 0.1) is 5.25 Å². The second-order valence-electron chi connectivity index (χ2n) is 4.93. The molecule has 1 N–H and O–H groups in total. The number of hydrogen-bond acceptors (Lipinski definition) is 6. The van der Waals surface area contributed by atoms with Crippen molar-refractivity contribution in [2.24, 2.45) is 16.1 Å². The van der Waals surface area contributed by atoms with Crippen molar-refractivity contribution in [2.45, 2.75) is 44.3 Å². The van der Waals surface area contributed by atoms with Gasteiger partial charge < -0.3 is 15.2 Å². The highest BCUT2D eigenvalue weighted by molar-refractivity contribution is 8.15. The molecule has 1 atom stereocenters. The average molecular weight is 282 g/mol. The summed E-state index contributed by atoms with van der Waals surface area (Å²) in [6, 6.07) is 0. The van der Waals surface area contributed by atoms with Gasteiger partial charge >= 0.3 is 0 Å². The number of carbonyl (C=O) groups excluding carboxylic acids is 2. The lowest BCUT2D eigenvalue weighted by Gasteiger charge is -2.17. The maximum atomic E-state index is 11.5. The maximum absolute atomic E-state index is 11.5. The van der Waals surface area contributed by atoms with Crippen molar-refractivity contribution >= 4 is 34.5 Å². The number of nitrogens with one attached hydrogen (secondary N) is 1. The molecule has 2 rings (SSSR count). The molecule has 6 nitrogen and oxygen atoms in total. The molecule has 0 radical (unpaired) electrons. The van der Waals surface area contributed by atoms with Crippen LogP contribution in [0.4, 0.5) is 0 Å². The fourth-order valence-corrected chi connectivity index (χ4v) is 2.95. The maximum Gasteiger partial charge on any atom is 0.239 e. The van der Waals surface area contributed by atoms with Crippen molar-refractivity contribution in [1.29, 1.82) is 0 Å². The first kappa shape index (κ1) is 14.0. The fourth-order valence-electron chi connectivity index (χ4n) is 2.05. The number of amidine groups is 1. The summed E-state index contributed by atoms with van der Waals surface area (Å²) in [4.78, 5) is 21.9. The molecule has 0 unspecified atom stereocenters. The van der Waals surface area contributed by atoms with Crippen LogP contribution >= 0.6 is 11.8 Å². The Balaban J connectivity index is 1.92. The molecule has 1 aliphatic carbocycles. The Morgan fingerprint density at radius 1 is 1.42 bits per heavy atom. The molecule has 0 aromatic heterocycles. The zero-order chi connectivity index (χ0) is 13.8. The molecular formula is C12H16N3O3S-. The zero-order valence-electron chi connectivity index (χ0n) is 10.7. The van der Waals surface area contributed by atoms with Gasteiger partial charge in [-0.3, -0.25) is 4.79 Å². The summed E-state index contributed by atoms with van der Waals surface area (Å²) in [6.45, 7) is 2.22. The molecular weight excluding hydrogens is 266 g/mol. The quantitative estimate of drug-likeness (QED) is 0.752. The zero-order valence-corrected chi connectivity index (χ0v) is 11.5. The second kappa shape index (κ2) is 6.18. The van der Waals surface area contributed by atoms with Crippen LogP contribution in [0.3, 0.4) is 0 Å². The van der Waals surface area contributed by atoms with Gasteiger partial charge in [-0.1, -0.05) is 18.7 Å². The molecule has 19 heavy (non-hydrogen) atoms. The molecule has 1 aliphatic heterocycles. The van der Waals surface area contributed by atoms with Gasteiger partial charge in [0.15, 0.2) is 5.17 Å². The summed E-state index contributed by atoms with van der Waals surface area (Å²) in [5, 5.41) is 20.9. The minimum absolute atomic E-state index is 0.302. The van der Waals surface area contributed by atoms with Gasteiger partial charge in [0.1, 0.15) is 0 Å². The third kappa shape index (κ3) is 4.05. The van der Waals surface area contributed by atoms with E-state index in [4.69, 9.17) is 0 Å². The predicted octanol–water partition coefficient (Wildman–Crippen LogP) is 0.280. The van der Waals surface area contributed by atoms with E-state index >= 15 is 0 Å². The van der Waals surface area contributed by atoms with Crippen LogP contribution in [-0.4, -0.2) is 28.0 Å². The Kier molecular flexibility index (Phi) is 4.57. The van der Waals surface area contributed by atoms with Crippen LogP contribution in [0.25, 0.3) is 0 Å². The molecule has 7 heteroatoms. The smallest absolute Gasteiger partial charge is 0.239 e. The van der Waals surface area contributed by atoms with Crippen molar-refractivity contribution in [3.63, 3.8) is 0 Å². The standard InChI is InChI=1S/C12H17N3O3S/c1-7-2-4-8(5-3-7)14-15-12-13-11(18)9(19-12)6-10(16)17/h7,9H,2-6H2,1H3,(H,16,17)(H,13,15,18)/p-1/t7?,9-/m0/s1. The third-order valence-corrected chi connectivity index (χ3v) is 4.33. The lowest BCUT2D eigenvalue weighted by molar-refractivity contribution is -0.305. The highest BCUT2D eigenvalue weighted by atomic mass is 32.2. The average Bonchev–Trinajstić information content (AvgIpc) is 2.69. The number of carboxylic acids is 1. The summed E-state index contributed by atoms with van der Waals surface area (Å²) in [6.07, 6.45) is 3.83. The third-order valence-electron chi connectivity index (χ3n) is 3.26. The molecule has 2 aliphatic rings. The van der Waals surface area contributed by atoms with E-state index in [1.165, 1.54) is 0 Å². The number of hydrogen-bond donors (Lipinski definition) is 1. The van der Waals surface area contributed by atoms with Crippen LogP contribution in [0.5, 0.6) is 0 Å². The van der Waals surface area contributed by atoms with E-state index in [2.05, 4.69) is 22.4 Å². The van der Waals surface area contributed by atoms with E-state index in [-0.39, 0.29) is 12.3 Å². The second-order valence-corrected chi connectivity index (χ2v) is 6.12. The van der Waals surface area contributed by atoms with Gasteiger partial charge in [0, 0.05) is 18.1 Å². The Labute approximate surface area is 115 Å². The molecule has 1 saturated carbocycles. The van der Waals surface area contributed by atoms with E-state index in [1.807, 2.05) is 0 Å². The molecule has 1 amide bonds. The molecule has 0 aromatic carbocycles. The SMILES string of the molecule is CC1CCC(=N/N=C2/NC(=O)[C@H](CC(=O)[O-])S2)CC1. The van der Waals surface area contributed by atoms with Gasteiger partial charge in [-0.25, -0.2) is 0 Å². The van der Waals surface area contributed by atoms with Crippen molar-refractivity contribution in [3.8, 4) is 0 Å². The lowest BCUT2D eigenvalue weighted by atomic mass is 9.90. The summed E-state index contributed by atoms with van der Waals surface area (Å²) in [7, 11) is 0. The van der Waals surface area contributed by atoms with Gasteiger partial charge in [0.2, 0.25) is 5.91 Å². The van der Waals surface area contributed by atoms with Crippen molar-refractivity contribution in [3.05, 3.63) is 0 Å². The Morgan fingerprint density at radius 3 is 2.74 bits per heavy atom. The molecule has 1 saturated heterocycles. The highest BCUT2D eigenvalue weighted by Crippen LogP contribution is 2.24. The number of rotatable bonds is 3. The van der Waals surface area contributed by atoms with Gasteiger partial charge in [-0.15, -0.1) is 5.10 Å². The van der Waals surface area contributed by atoms with Crippen LogP contribution in [0.15, 0.2) is 10.2 Å². The monoisotopic (exact) mass is 282 g/mol. The number of nitrogens with zero attached hydrogens (tertiary/aromatic N) is 2. The predicted molar refractivity (Wildman–Crippen MR) is 71.6 cm³/mol.